The molecule has 1 atom stereocenters. The standard InChI is InChI=1S/C48H48N6O2/c55-45(33-53(29-40-14-1-5-25-49-40)30-41-15-2-6-26-50-41)34-54(31-42-16-3-7-27-51-42)32-43-17-10-18-44(52-43)35-56-28-8-4-11-36-19-20-39-22-21-37-12-9-13-38-23-24-46(36)48(39)47(37)38/h1-3,5-7,9-10,12-27,45,55H,4,8,11,28-35H2. The highest BCUT2D eigenvalue weighted by molar-refractivity contribution is 6.23. The number of pyridine rings is 4. The van der Waals surface area contributed by atoms with Gasteiger partial charge >= 0.3 is 0 Å². The number of unbranched alkanes of at least 4 members (excludes halogenated alkanes) is 1. The number of rotatable bonds is 19. The lowest BCUT2D eigenvalue weighted by Crippen LogP contribution is -2.40. The van der Waals surface area contributed by atoms with Crippen molar-refractivity contribution < 1.29 is 9.84 Å². The minimum absolute atomic E-state index is 0.450. The van der Waals surface area contributed by atoms with Gasteiger partial charge < -0.3 is 9.84 Å². The summed E-state index contributed by atoms with van der Waals surface area (Å²) in [6, 6.07) is 44.1. The van der Waals surface area contributed by atoms with Crippen LogP contribution in [0, 0.1) is 0 Å². The average molecular weight is 741 g/mol. The molecule has 0 aliphatic heterocycles. The van der Waals surface area contributed by atoms with Crippen LogP contribution in [0.3, 0.4) is 0 Å². The predicted molar refractivity (Wildman–Crippen MR) is 224 cm³/mol. The second-order valence-corrected chi connectivity index (χ2v) is 14.7. The Morgan fingerprint density at radius 2 is 1.02 bits per heavy atom. The Morgan fingerprint density at radius 1 is 0.500 bits per heavy atom. The second-order valence-electron chi connectivity index (χ2n) is 14.7. The molecule has 0 amide bonds. The van der Waals surface area contributed by atoms with E-state index in [1.165, 1.54) is 37.9 Å². The molecule has 0 saturated carbocycles. The Kier molecular flexibility index (Phi) is 12.2. The molecule has 4 aromatic heterocycles. The van der Waals surface area contributed by atoms with Gasteiger partial charge in [0.2, 0.25) is 0 Å². The lowest BCUT2D eigenvalue weighted by molar-refractivity contribution is 0.0613. The molecular weight excluding hydrogens is 693 g/mol. The van der Waals surface area contributed by atoms with Crippen LogP contribution in [0.15, 0.2) is 146 Å². The zero-order valence-corrected chi connectivity index (χ0v) is 31.8. The van der Waals surface area contributed by atoms with E-state index < -0.39 is 6.10 Å². The maximum Gasteiger partial charge on any atom is 0.0887 e. The van der Waals surface area contributed by atoms with Gasteiger partial charge in [-0.15, -0.1) is 0 Å². The third kappa shape index (κ3) is 9.59. The average Bonchev–Trinajstić information content (AvgIpc) is 3.23. The topological polar surface area (TPSA) is 87.5 Å². The van der Waals surface area contributed by atoms with Gasteiger partial charge in [-0.05, 0) is 106 Å². The normalized spacial score (nSPS) is 12.4. The van der Waals surface area contributed by atoms with E-state index in [0.717, 1.165) is 47.7 Å². The van der Waals surface area contributed by atoms with E-state index in [9.17, 15) is 5.11 Å². The van der Waals surface area contributed by atoms with Gasteiger partial charge in [0.25, 0.3) is 0 Å². The first-order valence-electron chi connectivity index (χ1n) is 19.6. The second kappa shape index (κ2) is 18.3. The van der Waals surface area contributed by atoms with E-state index in [0.29, 0.717) is 52.5 Å². The van der Waals surface area contributed by atoms with Gasteiger partial charge in [0, 0.05) is 64.5 Å². The number of aryl methyl sites for hydroxylation is 1. The minimum Gasteiger partial charge on any atom is -0.390 e. The van der Waals surface area contributed by atoms with E-state index in [2.05, 4.69) is 79.3 Å². The third-order valence-electron chi connectivity index (χ3n) is 10.4. The summed E-state index contributed by atoms with van der Waals surface area (Å²) in [7, 11) is 0. The van der Waals surface area contributed by atoms with Crippen LogP contribution in [0.5, 0.6) is 0 Å². The zero-order valence-electron chi connectivity index (χ0n) is 31.8. The molecule has 282 valence electrons. The molecule has 0 radical (unpaired) electrons. The van der Waals surface area contributed by atoms with Gasteiger partial charge in [-0.25, -0.2) is 0 Å². The van der Waals surface area contributed by atoms with Gasteiger partial charge in [0.1, 0.15) is 0 Å². The van der Waals surface area contributed by atoms with Gasteiger partial charge in [0.05, 0.1) is 41.2 Å². The molecule has 4 heterocycles. The van der Waals surface area contributed by atoms with Crippen LogP contribution in [-0.4, -0.2) is 60.6 Å². The largest absolute Gasteiger partial charge is 0.390 e. The van der Waals surface area contributed by atoms with Crippen molar-refractivity contribution in [1.82, 2.24) is 29.7 Å². The summed E-state index contributed by atoms with van der Waals surface area (Å²) < 4.78 is 6.16. The van der Waals surface area contributed by atoms with Crippen LogP contribution in [-0.2, 0) is 43.9 Å². The monoisotopic (exact) mass is 740 g/mol. The summed E-state index contributed by atoms with van der Waals surface area (Å²) in [6.45, 7) is 4.44. The van der Waals surface area contributed by atoms with E-state index in [4.69, 9.17) is 9.72 Å². The molecule has 0 aliphatic rings. The van der Waals surface area contributed by atoms with Gasteiger partial charge in [-0.3, -0.25) is 29.7 Å². The first-order chi connectivity index (χ1) is 27.6. The SMILES string of the molecule is OC(CN(Cc1ccccn1)Cc1ccccn1)CN(Cc1ccccn1)Cc1cccc(COCCCCc2ccc3ccc4cccc5ccc2c3c45)n1. The Balaban J connectivity index is 0.865. The van der Waals surface area contributed by atoms with Crippen LogP contribution in [0.1, 0.15) is 46.9 Å². The summed E-state index contributed by atoms with van der Waals surface area (Å²) in [5, 5.41) is 19.6. The van der Waals surface area contributed by atoms with Crippen LogP contribution < -0.4 is 0 Å². The smallest absolute Gasteiger partial charge is 0.0887 e. The van der Waals surface area contributed by atoms with Crippen LogP contribution in [0.4, 0.5) is 0 Å². The van der Waals surface area contributed by atoms with Gasteiger partial charge in [-0.2, -0.15) is 0 Å². The maximum absolute atomic E-state index is 11.5. The lowest BCUT2D eigenvalue weighted by Gasteiger charge is -2.29. The third-order valence-corrected chi connectivity index (χ3v) is 10.4. The van der Waals surface area contributed by atoms with Crippen molar-refractivity contribution in [2.75, 3.05) is 19.7 Å². The number of hydrogen-bond donors (Lipinski definition) is 1. The van der Waals surface area contributed by atoms with Crippen molar-refractivity contribution in [1.29, 1.82) is 0 Å². The molecule has 0 spiro atoms. The Bertz CT molecular complexity index is 2370. The van der Waals surface area contributed by atoms with Gasteiger partial charge in [0.15, 0.2) is 0 Å². The number of nitrogens with zero attached hydrogens (tertiary/aromatic N) is 6. The lowest BCUT2D eigenvalue weighted by atomic mass is 9.91. The van der Waals surface area contributed by atoms with Crippen molar-refractivity contribution in [3.8, 4) is 0 Å². The summed E-state index contributed by atoms with van der Waals surface area (Å²) in [6.07, 6.45) is 7.86. The Labute approximate surface area is 328 Å². The molecule has 0 aliphatic carbocycles. The molecule has 1 unspecified atom stereocenters. The molecular formula is C48H48N6O2. The van der Waals surface area contributed by atoms with E-state index in [-0.39, 0.29) is 0 Å². The van der Waals surface area contributed by atoms with E-state index in [1.807, 2.05) is 79.0 Å². The number of aliphatic hydroxyl groups excluding tert-OH is 1. The quantitative estimate of drug-likeness (QED) is 0.0651. The number of aromatic nitrogens is 4. The minimum atomic E-state index is -0.626. The molecule has 0 saturated heterocycles. The maximum atomic E-state index is 11.5. The fourth-order valence-corrected chi connectivity index (χ4v) is 7.82. The first-order valence-corrected chi connectivity index (χ1v) is 19.6. The van der Waals surface area contributed by atoms with E-state index >= 15 is 0 Å². The molecule has 8 heteroatoms. The molecule has 0 bridgehead atoms. The van der Waals surface area contributed by atoms with Crippen molar-refractivity contribution in [3.05, 3.63) is 180 Å². The zero-order chi connectivity index (χ0) is 37.9. The number of ether oxygens (including phenoxy) is 1. The highest BCUT2D eigenvalue weighted by Gasteiger charge is 2.19. The first kappa shape index (κ1) is 37.3. The molecule has 56 heavy (non-hydrogen) atoms. The molecule has 8 aromatic rings. The summed E-state index contributed by atoms with van der Waals surface area (Å²) in [5.74, 6) is 0. The highest BCUT2D eigenvalue weighted by atomic mass is 16.5. The molecule has 8 rings (SSSR count). The molecule has 8 nitrogen and oxygen atoms in total. The van der Waals surface area contributed by atoms with Crippen molar-refractivity contribution in [2.24, 2.45) is 0 Å². The van der Waals surface area contributed by atoms with Crippen LogP contribution in [0.2, 0.25) is 0 Å². The summed E-state index contributed by atoms with van der Waals surface area (Å²) in [4.78, 5) is 23.1. The Hall–Kier alpha value is -5.64. The predicted octanol–water partition coefficient (Wildman–Crippen LogP) is 8.77. The number of aliphatic hydroxyl groups is 1. The fraction of sp³-hybridized carbons (Fsp3) is 0.250. The summed E-state index contributed by atoms with van der Waals surface area (Å²) >= 11 is 0. The van der Waals surface area contributed by atoms with Crippen molar-refractivity contribution in [3.63, 3.8) is 0 Å². The highest BCUT2D eigenvalue weighted by Crippen LogP contribution is 2.36. The van der Waals surface area contributed by atoms with Crippen LogP contribution in [0.25, 0.3) is 32.3 Å². The number of benzene rings is 4. The fourth-order valence-electron chi connectivity index (χ4n) is 7.82. The van der Waals surface area contributed by atoms with Crippen molar-refractivity contribution >= 4 is 32.3 Å². The van der Waals surface area contributed by atoms with E-state index in [1.54, 1.807) is 12.4 Å². The van der Waals surface area contributed by atoms with Gasteiger partial charge in [-0.1, -0.05) is 78.9 Å². The molecule has 0 fully saturated rings. The number of hydrogen-bond acceptors (Lipinski definition) is 8. The molecule has 4 aromatic carbocycles. The summed E-state index contributed by atoms with van der Waals surface area (Å²) in [5.41, 5.74) is 6.09. The Morgan fingerprint density at radius 3 is 1.62 bits per heavy atom. The van der Waals surface area contributed by atoms with Crippen molar-refractivity contribution in [2.45, 2.75) is 58.2 Å². The molecule has 1 N–H and O–H groups in total. The van der Waals surface area contributed by atoms with Crippen LogP contribution >= 0.6 is 0 Å².